The van der Waals surface area contributed by atoms with E-state index in [4.69, 9.17) is 8.83 Å². The smallest absolute Gasteiger partial charge is 0.349 e. The Bertz CT molecular complexity index is 1410. The van der Waals surface area contributed by atoms with Crippen molar-refractivity contribution in [1.29, 1.82) is 0 Å². The number of amides is 1. The van der Waals surface area contributed by atoms with Crippen LogP contribution in [-0.2, 0) is 0 Å². The van der Waals surface area contributed by atoms with E-state index in [1.165, 1.54) is 12.1 Å². The number of aryl methyl sites for hydroxylation is 1. The lowest BCUT2D eigenvalue weighted by molar-refractivity contribution is 0.102. The van der Waals surface area contributed by atoms with Gasteiger partial charge in [-0.3, -0.25) is 4.79 Å². The summed E-state index contributed by atoms with van der Waals surface area (Å²) in [6.45, 7) is 7.58. The minimum absolute atomic E-state index is 0.103. The molecule has 0 unspecified atom stereocenters. The van der Waals surface area contributed by atoms with Crippen LogP contribution in [0.5, 0.6) is 0 Å². The fraction of sp³-hybridized carbons (Fsp3) is 0.208. The average Bonchev–Trinajstić information content (AvgIpc) is 2.73. The normalized spacial score (nSPS) is 11.1. The van der Waals surface area contributed by atoms with Crippen molar-refractivity contribution in [2.24, 2.45) is 0 Å². The molecular formula is C24H22N2O5. The van der Waals surface area contributed by atoms with E-state index >= 15 is 0 Å². The topological polar surface area (TPSA) is 92.8 Å². The van der Waals surface area contributed by atoms with Crippen LogP contribution < -0.4 is 21.5 Å². The first-order valence-electron chi connectivity index (χ1n) is 10.1. The summed E-state index contributed by atoms with van der Waals surface area (Å²) in [6, 6.07) is 13.5. The maximum Gasteiger partial charge on any atom is 0.349 e. The molecule has 0 aliphatic heterocycles. The molecule has 0 aliphatic rings. The summed E-state index contributed by atoms with van der Waals surface area (Å²) < 4.78 is 10.6. The van der Waals surface area contributed by atoms with E-state index in [1.807, 2.05) is 19.1 Å². The highest BCUT2D eigenvalue weighted by Crippen LogP contribution is 2.23. The Kier molecular flexibility index (Phi) is 5.33. The zero-order valence-corrected chi connectivity index (χ0v) is 17.5. The van der Waals surface area contributed by atoms with E-state index in [1.54, 1.807) is 24.3 Å². The van der Waals surface area contributed by atoms with Gasteiger partial charge in [-0.2, -0.15) is 0 Å². The summed E-state index contributed by atoms with van der Waals surface area (Å²) in [5.74, 6) is -0.599. The van der Waals surface area contributed by atoms with Gasteiger partial charge < -0.3 is 19.1 Å². The van der Waals surface area contributed by atoms with E-state index < -0.39 is 17.2 Å². The molecule has 0 aliphatic carbocycles. The first-order valence-corrected chi connectivity index (χ1v) is 10.1. The van der Waals surface area contributed by atoms with Gasteiger partial charge in [-0.25, -0.2) is 9.59 Å². The molecule has 0 atom stereocenters. The molecule has 7 heteroatoms. The lowest BCUT2D eigenvalue weighted by atomic mass is 10.1. The van der Waals surface area contributed by atoms with E-state index in [2.05, 4.69) is 24.1 Å². The Morgan fingerprint density at radius 3 is 2.45 bits per heavy atom. The molecule has 158 valence electrons. The van der Waals surface area contributed by atoms with E-state index in [-0.39, 0.29) is 5.56 Å². The number of carbonyl (C=O) groups excluding carboxylic acids is 1. The number of hydrogen-bond acceptors (Lipinski definition) is 6. The Morgan fingerprint density at radius 1 is 0.935 bits per heavy atom. The number of fused-ring (bicyclic) bond motifs is 2. The lowest BCUT2D eigenvalue weighted by Crippen LogP contribution is -2.22. The maximum atomic E-state index is 12.7. The van der Waals surface area contributed by atoms with Crippen LogP contribution >= 0.6 is 0 Å². The number of carbonyl (C=O) groups is 1. The van der Waals surface area contributed by atoms with Crippen molar-refractivity contribution in [2.45, 2.75) is 20.8 Å². The Balaban J connectivity index is 1.66. The zero-order chi connectivity index (χ0) is 22.1. The van der Waals surface area contributed by atoms with E-state index in [0.717, 1.165) is 29.7 Å². The highest BCUT2D eigenvalue weighted by molar-refractivity contribution is 6.06. The first kappa shape index (κ1) is 20.4. The molecular weight excluding hydrogens is 396 g/mol. The minimum atomic E-state index is -0.718. The van der Waals surface area contributed by atoms with Gasteiger partial charge in [0.1, 0.15) is 16.7 Å². The van der Waals surface area contributed by atoms with Crippen molar-refractivity contribution in [2.75, 3.05) is 23.3 Å². The maximum absolute atomic E-state index is 12.7. The van der Waals surface area contributed by atoms with Gasteiger partial charge in [-0.1, -0.05) is 0 Å². The van der Waals surface area contributed by atoms with Gasteiger partial charge in [0.25, 0.3) is 5.91 Å². The average molecular weight is 418 g/mol. The van der Waals surface area contributed by atoms with Crippen molar-refractivity contribution >= 4 is 39.2 Å². The zero-order valence-electron chi connectivity index (χ0n) is 17.5. The van der Waals surface area contributed by atoms with Gasteiger partial charge in [0.15, 0.2) is 0 Å². The number of nitrogens with one attached hydrogen (secondary N) is 1. The molecule has 0 spiro atoms. The predicted octanol–water partition coefficient (Wildman–Crippen LogP) is 4.31. The monoisotopic (exact) mass is 418 g/mol. The van der Waals surface area contributed by atoms with Gasteiger partial charge in [-0.15, -0.1) is 0 Å². The van der Waals surface area contributed by atoms with Crippen molar-refractivity contribution in [3.05, 3.63) is 80.5 Å². The van der Waals surface area contributed by atoms with Crippen molar-refractivity contribution in [3.63, 3.8) is 0 Å². The van der Waals surface area contributed by atoms with E-state index in [0.29, 0.717) is 22.2 Å². The van der Waals surface area contributed by atoms with Crippen molar-refractivity contribution < 1.29 is 13.6 Å². The van der Waals surface area contributed by atoms with Crippen LogP contribution in [0.3, 0.4) is 0 Å². The van der Waals surface area contributed by atoms with E-state index in [9.17, 15) is 14.4 Å². The molecule has 0 saturated carbocycles. The summed E-state index contributed by atoms with van der Waals surface area (Å²) in [7, 11) is 0. The Labute approximate surface area is 177 Å². The summed E-state index contributed by atoms with van der Waals surface area (Å²) in [5.41, 5.74) is 1.63. The largest absolute Gasteiger partial charge is 0.423 e. The third-order valence-corrected chi connectivity index (χ3v) is 5.30. The lowest BCUT2D eigenvalue weighted by Gasteiger charge is -2.21. The van der Waals surface area contributed by atoms with Crippen LogP contribution in [0.25, 0.3) is 21.9 Å². The fourth-order valence-electron chi connectivity index (χ4n) is 3.64. The third kappa shape index (κ3) is 3.94. The quantitative estimate of drug-likeness (QED) is 0.486. The molecule has 7 nitrogen and oxygen atoms in total. The van der Waals surface area contributed by atoms with Crippen molar-refractivity contribution in [3.8, 4) is 0 Å². The molecule has 2 aromatic carbocycles. The van der Waals surface area contributed by atoms with Gasteiger partial charge in [0.05, 0.1) is 0 Å². The molecule has 1 N–H and O–H groups in total. The van der Waals surface area contributed by atoms with Gasteiger partial charge in [0, 0.05) is 53.4 Å². The fourth-order valence-corrected chi connectivity index (χ4v) is 3.64. The molecule has 0 bridgehead atoms. The second-order valence-corrected chi connectivity index (χ2v) is 7.26. The van der Waals surface area contributed by atoms with Crippen molar-refractivity contribution in [1.82, 2.24) is 0 Å². The van der Waals surface area contributed by atoms with Crippen LogP contribution in [0.1, 0.15) is 29.8 Å². The van der Waals surface area contributed by atoms with Crippen LogP contribution in [0.15, 0.2) is 67.0 Å². The summed E-state index contributed by atoms with van der Waals surface area (Å²) in [5, 5.41) is 4.10. The third-order valence-electron chi connectivity index (χ3n) is 5.30. The van der Waals surface area contributed by atoms with Crippen LogP contribution in [0, 0.1) is 6.92 Å². The van der Waals surface area contributed by atoms with Gasteiger partial charge >= 0.3 is 11.3 Å². The van der Waals surface area contributed by atoms with Gasteiger partial charge in [-0.05, 0) is 56.7 Å². The Morgan fingerprint density at radius 2 is 1.71 bits per heavy atom. The minimum Gasteiger partial charge on any atom is -0.423 e. The molecule has 0 radical (unpaired) electrons. The number of anilines is 2. The molecule has 1 amide bonds. The molecule has 4 rings (SSSR count). The summed E-state index contributed by atoms with van der Waals surface area (Å²) >= 11 is 0. The Hall–Kier alpha value is -3.87. The second-order valence-electron chi connectivity index (χ2n) is 7.26. The number of benzene rings is 2. The summed E-state index contributed by atoms with van der Waals surface area (Å²) in [4.78, 5) is 39.0. The van der Waals surface area contributed by atoms with Gasteiger partial charge in [0.2, 0.25) is 0 Å². The SMILES string of the molecule is CCN(CC)c1ccc2cc(C(=O)Nc3ccc4c(C)cc(=O)oc4c3)c(=O)oc2c1. The van der Waals surface area contributed by atoms with Crippen LogP contribution in [0.4, 0.5) is 11.4 Å². The molecule has 0 saturated heterocycles. The molecule has 31 heavy (non-hydrogen) atoms. The molecule has 2 aromatic heterocycles. The molecule has 4 aromatic rings. The number of rotatable bonds is 5. The molecule has 0 fully saturated rings. The number of nitrogens with zero attached hydrogens (tertiary/aromatic N) is 1. The predicted molar refractivity (Wildman–Crippen MR) is 121 cm³/mol. The highest BCUT2D eigenvalue weighted by atomic mass is 16.4. The molecule has 2 heterocycles. The van der Waals surface area contributed by atoms with Crippen LogP contribution in [0.2, 0.25) is 0 Å². The van der Waals surface area contributed by atoms with Crippen LogP contribution in [-0.4, -0.2) is 19.0 Å². The number of hydrogen-bond donors (Lipinski definition) is 1. The first-order chi connectivity index (χ1) is 14.9. The standard InChI is InChI=1S/C24H22N2O5/c1-4-26(5-2)17-8-6-15-11-19(24(29)31-20(15)13-17)23(28)25-16-7-9-18-14(3)10-22(27)30-21(18)12-16/h6-13H,4-5H2,1-3H3,(H,25,28). The summed E-state index contributed by atoms with van der Waals surface area (Å²) in [6.07, 6.45) is 0. The second kappa shape index (κ2) is 8.10. The highest BCUT2D eigenvalue weighted by Gasteiger charge is 2.15.